The Balaban J connectivity index is 2.04. The highest BCUT2D eigenvalue weighted by atomic mass is 19.4. The van der Waals surface area contributed by atoms with Gasteiger partial charge in [-0.15, -0.1) is 0 Å². The second-order valence-electron chi connectivity index (χ2n) is 5.90. The van der Waals surface area contributed by atoms with Gasteiger partial charge in [0.05, 0.1) is 11.1 Å². The first kappa shape index (κ1) is 17.9. The standard InChI is InChI=1S/C18H16F3N3O2/c19-18(20,21)15-9-16(25)24(10-14(15)17(22)26)13-3-1-11(2-4-13)12-5-7-23-8-6-12/h1-5,9-10,23H,6-8H2,(H2,22,26). The normalized spacial score (nSPS) is 14.8. The van der Waals surface area contributed by atoms with Gasteiger partial charge < -0.3 is 11.1 Å². The highest BCUT2D eigenvalue weighted by molar-refractivity contribution is 5.94. The monoisotopic (exact) mass is 363 g/mol. The molecule has 1 aromatic heterocycles. The zero-order chi connectivity index (χ0) is 18.9. The fourth-order valence-electron chi connectivity index (χ4n) is 2.89. The second-order valence-corrected chi connectivity index (χ2v) is 5.90. The number of pyridine rings is 1. The molecule has 0 spiro atoms. The van der Waals surface area contributed by atoms with Gasteiger partial charge in [0.2, 0.25) is 0 Å². The van der Waals surface area contributed by atoms with Crippen molar-refractivity contribution in [3.8, 4) is 5.69 Å². The molecule has 8 heteroatoms. The van der Waals surface area contributed by atoms with Gasteiger partial charge in [-0.1, -0.05) is 18.2 Å². The van der Waals surface area contributed by atoms with Crippen LogP contribution in [0.5, 0.6) is 0 Å². The van der Waals surface area contributed by atoms with Gasteiger partial charge in [-0.25, -0.2) is 0 Å². The van der Waals surface area contributed by atoms with Crippen LogP contribution < -0.4 is 16.6 Å². The molecule has 26 heavy (non-hydrogen) atoms. The van der Waals surface area contributed by atoms with E-state index in [9.17, 15) is 22.8 Å². The number of alkyl halides is 3. The molecule has 1 aliphatic heterocycles. The Kier molecular flexibility index (Phi) is 4.69. The van der Waals surface area contributed by atoms with Crippen molar-refractivity contribution in [1.82, 2.24) is 9.88 Å². The molecule has 3 rings (SSSR count). The first-order valence-electron chi connectivity index (χ1n) is 7.91. The molecule has 0 unspecified atom stereocenters. The largest absolute Gasteiger partial charge is 0.417 e. The van der Waals surface area contributed by atoms with Crippen LogP contribution in [0.25, 0.3) is 11.3 Å². The van der Waals surface area contributed by atoms with Crippen LogP contribution in [0, 0.1) is 0 Å². The summed E-state index contributed by atoms with van der Waals surface area (Å²) in [6.45, 7) is 1.64. The smallest absolute Gasteiger partial charge is 0.366 e. The maximum atomic E-state index is 13.0. The summed E-state index contributed by atoms with van der Waals surface area (Å²) in [5.74, 6) is -1.25. The van der Waals surface area contributed by atoms with E-state index in [1.165, 1.54) is 0 Å². The minimum Gasteiger partial charge on any atom is -0.366 e. The summed E-state index contributed by atoms with van der Waals surface area (Å²) in [5, 5.41) is 3.21. The van der Waals surface area contributed by atoms with Crippen molar-refractivity contribution in [2.24, 2.45) is 5.73 Å². The quantitative estimate of drug-likeness (QED) is 0.879. The molecular formula is C18H16F3N3O2. The summed E-state index contributed by atoms with van der Waals surface area (Å²) in [6, 6.07) is 7.22. The zero-order valence-corrected chi connectivity index (χ0v) is 13.6. The molecule has 1 aliphatic rings. The minimum atomic E-state index is -4.84. The van der Waals surface area contributed by atoms with Gasteiger partial charge in [-0.3, -0.25) is 14.2 Å². The lowest BCUT2D eigenvalue weighted by atomic mass is 10.00. The van der Waals surface area contributed by atoms with Crippen LogP contribution in [0.2, 0.25) is 0 Å². The zero-order valence-electron chi connectivity index (χ0n) is 13.6. The predicted octanol–water partition coefficient (Wildman–Crippen LogP) is 2.33. The number of nitrogens with two attached hydrogens (primary N) is 1. The molecule has 2 heterocycles. The highest BCUT2D eigenvalue weighted by Gasteiger charge is 2.36. The molecule has 0 radical (unpaired) electrons. The van der Waals surface area contributed by atoms with Gasteiger partial charge in [0, 0.05) is 24.5 Å². The summed E-state index contributed by atoms with van der Waals surface area (Å²) in [6.07, 6.45) is -1.07. The second kappa shape index (κ2) is 6.80. The molecule has 136 valence electrons. The van der Waals surface area contributed by atoms with Gasteiger partial charge in [0.15, 0.2) is 0 Å². The van der Waals surface area contributed by atoms with Crippen LogP contribution in [0.3, 0.4) is 0 Å². The van der Waals surface area contributed by atoms with Crippen LogP contribution >= 0.6 is 0 Å². The number of amides is 1. The summed E-state index contributed by atoms with van der Waals surface area (Å²) in [4.78, 5) is 23.6. The van der Waals surface area contributed by atoms with E-state index in [1.54, 1.807) is 24.3 Å². The number of rotatable bonds is 3. The number of halogens is 3. The topological polar surface area (TPSA) is 77.1 Å². The number of nitrogens with one attached hydrogen (secondary N) is 1. The SMILES string of the molecule is NC(=O)c1cn(-c2ccc(C3=CCNCC3)cc2)c(=O)cc1C(F)(F)F. The van der Waals surface area contributed by atoms with E-state index in [0.717, 1.165) is 41.4 Å². The van der Waals surface area contributed by atoms with E-state index in [1.807, 2.05) is 0 Å². The molecule has 5 nitrogen and oxygen atoms in total. The van der Waals surface area contributed by atoms with Gasteiger partial charge in [-0.2, -0.15) is 13.2 Å². The average molecular weight is 363 g/mol. The molecule has 0 saturated carbocycles. The van der Waals surface area contributed by atoms with Crippen LogP contribution in [0.4, 0.5) is 13.2 Å². The predicted molar refractivity (Wildman–Crippen MR) is 91.0 cm³/mol. The van der Waals surface area contributed by atoms with E-state index in [0.29, 0.717) is 11.8 Å². The van der Waals surface area contributed by atoms with E-state index in [4.69, 9.17) is 5.73 Å². The Morgan fingerprint density at radius 3 is 2.42 bits per heavy atom. The van der Waals surface area contributed by atoms with E-state index >= 15 is 0 Å². The van der Waals surface area contributed by atoms with Gasteiger partial charge in [0.25, 0.3) is 11.5 Å². The van der Waals surface area contributed by atoms with Crippen molar-refractivity contribution >= 4 is 11.5 Å². The fraction of sp³-hybridized carbons (Fsp3) is 0.222. The Labute approximate surface area is 146 Å². The lowest BCUT2D eigenvalue weighted by Gasteiger charge is -2.16. The maximum absolute atomic E-state index is 13.0. The van der Waals surface area contributed by atoms with Crippen molar-refractivity contribution in [3.05, 3.63) is 69.6 Å². The number of carbonyl (C=O) groups is 1. The van der Waals surface area contributed by atoms with Crippen LogP contribution in [0.15, 0.2) is 47.4 Å². The van der Waals surface area contributed by atoms with Crippen LogP contribution in [-0.4, -0.2) is 23.6 Å². The number of primary amides is 1. The third kappa shape index (κ3) is 3.55. The lowest BCUT2D eigenvalue weighted by Crippen LogP contribution is -2.27. The molecule has 1 amide bonds. The highest BCUT2D eigenvalue weighted by Crippen LogP contribution is 2.31. The van der Waals surface area contributed by atoms with Gasteiger partial charge in [-0.05, 0) is 36.2 Å². The molecule has 0 saturated heterocycles. The average Bonchev–Trinajstić information content (AvgIpc) is 2.61. The Morgan fingerprint density at radius 1 is 1.19 bits per heavy atom. The Morgan fingerprint density at radius 2 is 1.88 bits per heavy atom. The number of carbonyl (C=O) groups excluding carboxylic acids is 1. The first-order valence-corrected chi connectivity index (χ1v) is 7.91. The molecule has 2 aromatic rings. The third-order valence-corrected chi connectivity index (χ3v) is 4.20. The van der Waals surface area contributed by atoms with E-state index < -0.39 is 28.8 Å². The third-order valence-electron chi connectivity index (χ3n) is 4.20. The molecule has 3 N–H and O–H groups in total. The van der Waals surface area contributed by atoms with Crippen molar-refractivity contribution in [2.75, 3.05) is 13.1 Å². The molecule has 1 aromatic carbocycles. The van der Waals surface area contributed by atoms with Crippen molar-refractivity contribution < 1.29 is 18.0 Å². The molecule has 0 fully saturated rings. The van der Waals surface area contributed by atoms with Gasteiger partial charge >= 0.3 is 6.18 Å². The Bertz CT molecular complexity index is 928. The Hall–Kier alpha value is -2.87. The lowest BCUT2D eigenvalue weighted by molar-refractivity contribution is -0.138. The van der Waals surface area contributed by atoms with Crippen molar-refractivity contribution in [3.63, 3.8) is 0 Å². The van der Waals surface area contributed by atoms with Gasteiger partial charge in [0.1, 0.15) is 0 Å². The number of benzene rings is 1. The summed E-state index contributed by atoms with van der Waals surface area (Å²) in [7, 11) is 0. The number of nitrogens with zero attached hydrogens (tertiary/aromatic N) is 1. The van der Waals surface area contributed by atoms with Crippen molar-refractivity contribution in [1.29, 1.82) is 0 Å². The fourth-order valence-corrected chi connectivity index (χ4v) is 2.89. The molecule has 0 atom stereocenters. The van der Waals surface area contributed by atoms with Crippen LogP contribution in [-0.2, 0) is 6.18 Å². The number of aromatic nitrogens is 1. The summed E-state index contributed by atoms with van der Waals surface area (Å²) < 4.78 is 40.0. The first-order chi connectivity index (χ1) is 12.3. The number of hydrogen-bond acceptors (Lipinski definition) is 3. The summed E-state index contributed by atoms with van der Waals surface area (Å²) >= 11 is 0. The van der Waals surface area contributed by atoms with Crippen molar-refractivity contribution in [2.45, 2.75) is 12.6 Å². The summed E-state index contributed by atoms with van der Waals surface area (Å²) in [5.41, 5.74) is 4.58. The molecule has 0 aliphatic carbocycles. The van der Waals surface area contributed by atoms with E-state index in [2.05, 4.69) is 11.4 Å². The molecule has 0 bridgehead atoms. The maximum Gasteiger partial charge on any atom is 0.417 e. The number of hydrogen-bond donors (Lipinski definition) is 2. The minimum absolute atomic E-state index is 0.351. The molecular weight excluding hydrogens is 347 g/mol. The van der Waals surface area contributed by atoms with Crippen LogP contribution in [0.1, 0.15) is 27.9 Å². The van der Waals surface area contributed by atoms with E-state index in [-0.39, 0.29) is 0 Å².